The molecular formula is C11H10O2. The zero-order valence-electron chi connectivity index (χ0n) is 7.19. The summed E-state index contributed by atoms with van der Waals surface area (Å²) < 4.78 is 5.02. The van der Waals surface area contributed by atoms with Crippen LogP contribution in [0.2, 0.25) is 0 Å². The molecule has 1 aliphatic rings. The number of benzene rings is 1. The van der Waals surface area contributed by atoms with E-state index < -0.39 is 0 Å². The number of ether oxygens (including phenoxy) is 1. The van der Waals surface area contributed by atoms with Gasteiger partial charge in [0.05, 0.1) is 6.61 Å². The van der Waals surface area contributed by atoms with Gasteiger partial charge in [-0.1, -0.05) is 30.3 Å². The van der Waals surface area contributed by atoms with Gasteiger partial charge in [-0.15, -0.1) is 0 Å². The molecule has 13 heavy (non-hydrogen) atoms. The molecule has 66 valence electrons. The molecule has 1 aromatic rings. The summed E-state index contributed by atoms with van der Waals surface area (Å²) in [5.74, 6) is 0.101. The summed E-state index contributed by atoms with van der Waals surface area (Å²) in [5.41, 5.74) is 1.82. The number of rotatable bonds is 1. The molecule has 0 bridgehead atoms. The van der Waals surface area contributed by atoms with E-state index in [4.69, 9.17) is 4.74 Å². The fourth-order valence-electron chi connectivity index (χ4n) is 1.30. The van der Waals surface area contributed by atoms with Crippen molar-refractivity contribution in [3.8, 4) is 0 Å². The number of carbonyl (C=O) groups is 1. The molecule has 2 rings (SSSR count). The van der Waals surface area contributed by atoms with E-state index in [-0.39, 0.29) is 12.4 Å². The molecule has 0 unspecified atom stereocenters. The lowest BCUT2D eigenvalue weighted by Crippen LogP contribution is -1.96. The molecule has 0 saturated carbocycles. The Labute approximate surface area is 76.8 Å². The minimum absolute atomic E-state index is 0.101. The summed E-state index contributed by atoms with van der Waals surface area (Å²) in [6, 6.07) is 9.80. The minimum atomic E-state index is 0.101. The third-order valence-corrected chi connectivity index (χ3v) is 1.99. The topological polar surface area (TPSA) is 26.3 Å². The highest BCUT2D eigenvalue weighted by molar-refractivity contribution is 6.02. The molecule has 1 aromatic carbocycles. The molecule has 0 spiro atoms. The van der Waals surface area contributed by atoms with Crippen molar-refractivity contribution < 1.29 is 9.53 Å². The summed E-state index contributed by atoms with van der Waals surface area (Å²) in [6.07, 6.45) is 1.88. The minimum Gasteiger partial charge on any atom is -0.368 e. The van der Waals surface area contributed by atoms with Gasteiger partial charge in [-0.25, -0.2) is 0 Å². The second-order valence-electron chi connectivity index (χ2n) is 3.00. The maximum absolute atomic E-state index is 11.2. The lowest BCUT2D eigenvalue weighted by molar-refractivity contribution is -0.115. The van der Waals surface area contributed by atoms with Crippen LogP contribution in [0.15, 0.2) is 35.9 Å². The number of hydrogen-bond acceptors (Lipinski definition) is 2. The average Bonchev–Trinajstić information content (AvgIpc) is 2.54. The van der Waals surface area contributed by atoms with Crippen LogP contribution in [0.3, 0.4) is 0 Å². The van der Waals surface area contributed by atoms with E-state index in [1.165, 1.54) is 0 Å². The second-order valence-corrected chi connectivity index (χ2v) is 3.00. The summed E-state index contributed by atoms with van der Waals surface area (Å²) in [5, 5.41) is 0. The first-order valence-electron chi connectivity index (χ1n) is 4.23. The normalized spacial score (nSPS) is 19.7. The van der Waals surface area contributed by atoms with E-state index in [2.05, 4.69) is 0 Å². The second kappa shape index (κ2) is 3.54. The van der Waals surface area contributed by atoms with E-state index in [0.717, 1.165) is 11.1 Å². The predicted octanol–water partition coefficient (Wildman–Crippen LogP) is 1.67. The van der Waals surface area contributed by atoms with Crippen molar-refractivity contribution in [1.82, 2.24) is 0 Å². The SMILES string of the molecule is O=C1COC/C1=C\c1ccccc1. The van der Waals surface area contributed by atoms with E-state index in [9.17, 15) is 4.79 Å². The Balaban J connectivity index is 2.25. The number of Topliss-reactive ketones (excluding diaryl/α,β-unsaturated/α-hetero) is 1. The highest BCUT2D eigenvalue weighted by atomic mass is 16.5. The number of hydrogen-bond donors (Lipinski definition) is 0. The van der Waals surface area contributed by atoms with Crippen molar-refractivity contribution in [2.75, 3.05) is 13.2 Å². The summed E-state index contributed by atoms with van der Waals surface area (Å²) >= 11 is 0. The first-order valence-corrected chi connectivity index (χ1v) is 4.23. The Kier molecular flexibility index (Phi) is 2.23. The molecule has 0 atom stereocenters. The Morgan fingerprint density at radius 3 is 2.54 bits per heavy atom. The number of carbonyl (C=O) groups excluding carboxylic acids is 1. The van der Waals surface area contributed by atoms with Crippen molar-refractivity contribution in [3.05, 3.63) is 41.5 Å². The smallest absolute Gasteiger partial charge is 0.186 e. The van der Waals surface area contributed by atoms with Crippen molar-refractivity contribution in [3.63, 3.8) is 0 Å². The van der Waals surface area contributed by atoms with Crippen molar-refractivity contribution in [2.45, 2.75) is 0 Å². The Morgan fingerprint density at radius 1 is 1.15 bits per heavy atom. The highest BCUT2D eigenvalue weighted by Gasteiger charge is 2.16. The lowest BCUT2D eigenvalue weighted by Gasteiger charge is -1.93. The molecule has 2 nitrogen and oxygen atoms in total. The molecule has 0 amide bonds. The van der Waals surface area contributed by atoms with Crippen LogP contribution >= 0.6 is 0 Å². The van der Waals surface area contributed by atoms with Crippen LogP contribution in [-0.2, 0) is 9.53 Å². The summed E-state index contributed by atoms with van der Waals surface area (Å²) in [6.45, 7) is 0.687. The third-order valence-electron chi connectivity index (χ3n) is 1.99. The molecule has 0 N–H and O–H groups in total. The molecule has 0 aromatic heterocycles. The summed E-state index contributed by atoms with van der Waals surface area (Å²) in [4.78, 5) is 11.2. The zero-order chi connectivity index (χ0) is 9.10. The molecule has 1 heterocycles. The van der Waals surface area contributed by atoms with Crippen LogP contribution in [0.1, 0.15) is 5.56 Å². The van der Waals surface area contributed by atoms with Gasteiger partial charge in [-0.2, -0.15) is 0 Å². The van der Waals surface area contributed by atoms with Gasteiger partial charge in [0.1, 0.15) is 6.61 Å². The predicted molar refractivity (Wildman–Crippen MR) is 50.2 cm³/mol. The van der Waals surface area contributed by atoms with Crippen LogP contribution in [0.4, 0.5) is 0 Å². The van der Waals surface area contributed by atoms with Gasteiger partial charge >= 0.3 is 0 Å². The molecule has 1 saturated heterocycles. The van der Waals surface area contributed by atoms with Crippen LogP contribution in [0.25, 0.3) is 6.08 Å². The van der Waals surface area contributed by atoms with E-state index in [1.54, 1.807) is 0 Å². The van der Waals surface area contributed by atoms with Gasteiger partial charge in [0.25, 0.3) is 0 Å². The maximum Gasteiger partial charge on any atom is 0.186 e. The van der Waals surface area contributed by atoms with Crippen LogP contribution in [0.5, 0.6) is 0 Å². The van der Waals surface area contributed by atoms with Crippen molar-refractivity contribution >= 4 is 11.9 Å². The van der Waals surface area contributed by atoms with Crippen molar-refractivity contribution in [1.29, 1.82) is 0 Å². The van der Waals surface area contributed by atoms with Gasteiger partial charge in [0.2, 0.25) is 0 Å². The van der Waals surface area contributed by atoms with Gasteiger partial charge in [0, 0.05) is 5.57 Å². The standard InChI is InChI=1S/C11H10O2/c12-11-8-13-7-10(11)6-9-4-2-1-3-5-9/h1-6H,7-8H2/b10-6+. The van der Waals surface area contributed by atoms with E-state index >= 15 is 0 Å². The van der Waals surface area contributed by atoms with E-state index in [1.807, 2.05) is 36.4 Å². The monoisotopic (exact) mass is 174 g/mol. The molecule has 1 fully saturated rings. The molecule has 0 aliphatic carbocycles. The maximum atomic E-state index is 11.2. The molecule has 0 radical (unpaired) electrons. The van der Waals surface area contributed by atoms with Gasteiger partial charge in [0.15, 0.2) is 5.78 Å². The molecule has 1 aliphatic heterocycles. The molecular weight excluding hydrogens is 164 g/mol. The quantitative estimate of drug-likeness (QED) is 0.605. The first kappa shape index (κ1) is 8.20. The van der Waals surface area contributed by atoms with Gasteiger partial charge in [-0.3, -0.25) is 4.79 Å². The number of ketones is 1. The van der Waals surface area contributed by atoms with Crippen LogP contribution in [0, 0.1) is 0 Å². The fraction of sp³-hybridized carbons (Fsp3) is 0.182. The Hall–Kier alpha value is -1.41. The summed E-state index contributed by atoms with van der Waals surface area (Å²) in [7, 11) is 0. The molecule has 2 heteroatoms. The van der Waals surface area contributed by atoms with Crippen LogP contribution < -0.4 is 0 Å². The average molecular weight is 174 g/mol. The Morgan fingerprint density at radius 2 is 1.92 bits per heavy atom. The van der Waals surface area contributed by atoms with Crippen LogP contribution in [-0.4, -0.2) is 19.0 Å². The first-order chi connectivity index (χ1) is 6.36. The Bertz CT molecular complexity index is 338. The van der Waals surface area contributed by atoms with Crippen molar-refractivity contribution in [2.24, 2.45) is 0 Å². The van der Waals surface area contributed by atoms with Gasteiger partial charge in [-0.05, 0) is 11.6 Å². The third kappa shape index (κ3) is 1.84. The van der Waals surface area contributed by atoms with E-state index in [0.29, 0.717) is 6.61 Å². The van der Waals surface area contributed by atoms with Gasteiger partial charge < -0.3 is 4.74 Å². The lowest BCUT2D eigenvalue weighted by atomic mass is 10.1. The zero-order valence-corrected chi connectivity index (χ0v) is 7.19. The fourth-order valence-corrected chi connectivity index (χ4v) is 1.30. The largest absolute Gasteiger partial charge is 0.368 e. The highest BCUT2D eigenvalue weighted by Crippen LogP contribution is 2.12.